The molecule has 2 fully saturated rings. The Morgan fingerprint density at radius 2 is 2.29 bits per heavy atom. The Balaban J connectivity index is 1.47. The summed E-state index contributed by atoms with van der Waals surface area (Å²) in [6, 6.07) is 2.82. The monoisotopic (exact) mass is 293 g/mol. The van der Waals surface area contributed by atoms with Crippen molar-refractivity contribution in [2.45, 2.75) is 12.5 Å². The quantitative estimate of drug-likeness (QED) is 0.759. The van der Waals surface area contributed by atoms with E-state index in [9.17, 15) is 9.59 Å². The molecule has 2 saturated heterocycles. The van der Waals surface area contributed by atoms with Crippen LogP contribution in [0.15, 0.2) is 16.9 Å². The molecule has 2 aliphatic heterocycles. The van der Waals surface area contributed by atoms with Crippen molar-refractivity contribution >= 4 is 5.91 Å². The molecule has 1 aromatic rings. The number of carbonyl (C=O) groups is 1. The van der Waals surface area contributed by atoms with E-state index in [1.54, 1.807) is 4.90 Å². The first-order valence-electron chi connectivity index (χ1n) is 7.16. The average Bonchev–Trinajstić information content (AvgIpc) is 2.93. The number of ether oxygens (including phenoxy) is 2. The van der Waals surface area contributed by atoms with Crippen LogP contribution in [-0.2, 0) is 16.5 Å². The number of carbonyl (C=O) groups excluding carboxylic acids is 1. The highest BCUT2D eigenvalue weighted by Gasteiger charge is 2.33. The van der Waals surface area contributed by atoms with E-state index >= 15 is 0 Å². The van der Waals surface area contributed by atoms with Gasteiger partial charge in [0.1, 0.15) is 5.69 Å². The summed E-state index contributed by atoms with van der Waals surface area (Å²) >= 11 is 0. The Bertz CT molecular complexity index is 574. The zero-order valence-corrected chi connectivity index (χ0v) is 12.0. The van der Waals surface area contributed by atoms with Crippen molar-refractivity contribution in [1.29, 1.82) is 0 Å². The minimum atomic E-state index is -0.227. The van der Waals surface area contributed by atoms with Gasteiger partial charge in [0, 0.05) is 38.7 Å². The molecule has 2 aliphatic rings. The number of hydrogen-bond acceptors (Lipinski definition) is 5. The van der Waals surface area contributed by atoms with Crippen molar-refractivity contribution in [2.75, 3.05) is 32.9 Å². The lowest BCUT2D eigenvalue weighted by atomic mass is 10.1. The molecule has 0 aromatic carbocycles. The van der Waals surface area contributed by atoms with Crippen LogP contribution in [0, 0.1) is 5.92 Å². The fourth-order valence-electron chi connectivity index (χ4n) is 2.47. The molecule has 1 amide bonds. The first-order valence-corrected chi connectivity index (χ1v) is 7.16. The predicted molar refractivity (Wildman–Crippen MR) is 74.0 cm³/mol. The topological polar surface area (TPSA) is 73.7 Å². The molecule has 1 aromatic heterocycles. The van der Waals surface area contributed by atoms with Crippen LogP contribution >= 0.6 is 0 Å². The lowest BCUT2D eigenvalue weighted by molar-refractivity contribution is -0.0544. The first kappa shape index (κ1) is 14.2. The number of likely N-dealkylation sites (tertiary alicyclic amines) is 1. The third-order valence-corrected chi connectivity index (χ3v) is 3.91. The molecule has 0 N–H and O–H groups in total. The summed E-state index contributed by atoms with van der Waals surface area (Å²) in [4.78, 5) is 25.1. The summed E-state index contributed by atoms with van der Waals surface area (Å²) in [5, 5.41) is 3.97. The van der Waals surface area contributed by atoms with Gasteiger partial charge in [-0.1, -0.05) is 0 Å². The summed E-state index contributed by atoms with van der Waals surface area (Å²) in [6.07, 6.45) is 1.15. The van der Waals surface area contributed by atoms with Crippen molar-refractivity contribution < 1.29 is 14.3 Å². The smallest absolute Gasteiger partial charge is 0.274 e. The number of rotatable bonds is 4. The van der Waals surface area contributed by atoms with E-state index in [0.29, 0.717) is 31.3 Å². The van der Waals surface area contributed by atoms with Crippen molar-refractivity contribution in [3.8, 4) is 0 Å². The summed E-state index contributed by atoms with van der Waals surface area (Å²) < 4.78 is 12.2. The van der Waals surface area contributed by atoms with Gasteiger partial charge in [-0.05, 0) is 12.5 Å². The third-order valence-electron chi connectivity index (χ3n) is 3.91. The highest BCUT2D eigenvalue weighted by atomic mass is 16.5. The van der Waals surface area contributed by atoms with Gasteiger partial charge < -0.3 is 14.4 Å². The van der Waals surface area contributed by atoms with Crippen LogP contribution in [0.5, 0.6) is 0 Å². The minimum absolute atomic E-state index is 0.0991. The van der Waals surface area contributed by atoms with Crippen LogP contribution < -0.4 is 5.56 Å². The van der Waals surface area contributed by atoms with Crippen LogP contribution in [0.4, 0.5) is 0 Å². The van der Waals surface area contributed by atoms with Crippen molar-refractivity contribution in [3.63, 3.8) is 0 Å². The molecule has 0 saturated carbocycles. The predicted octanol–water partition coefficient (Wildman–Crippen LogP) is -0.342. The molecular weight excluding hydrogens is 274 g/mol. The molecule has 1 atom stereocenters. The number of aryl methyl sites for hydroxylation is 1. The van der Waals surface area contributed by atoms with Gasteiger partial charge in [-0.15, -0.1) is 0 Å². The summed E-state index contributed by atoms with van der Waals surface area (Å²) in [6.45, 7) is 3.46. The Morgan fingerprint density at radius 3 is 2.95 bits per heavy atom. The summed E-state index contributed by atoms with van der Waals surface area (Å²) in [5.74, 6) is 0.328. The summed E-state index contributed by atoms with van der Waals surface area (Å²) in [5.41, 5.74) is 0.0647. The molecular formula is C14H19N3O4. The van der Waals surface area contributed by atoms with Crippen molar-refractivity contribution in [2.24, 2.45) is 13.0 Å². The number of hydrogen-bond donors (Lipinski definition) is 0. The molecule has 3 heterocycles. The van der Waals surface area contributed by atoms with Crippen LogP contribution in [0.3, 0.4) is 0 Å². The van der Waals surface area contributed by atoms with Crippen LogP contribution in [0.25, 0.3) is 0 Å². The van der Waals surface area contributed by atoms with Gasteiger partial charge in [-0.3, -0.25) is 9.59 Å². The maximum Gasteiger partial charge on any atom is 0.274 e. The largest absolute Gasteiger partial charge is 0.381 e. The minimum Gasteiger partial charge on any atom is -0.381 e. The van der Waals surface area contributed by atoms with E-state index in [-0.39, 0.29) is 17.6 Å². The Kier molecular flexibility index (Phi) is 4.03. The van der Waals surface area contributed by atoms with Gasteiger partial charge in [-0.2, -0.15) is 5.10 Å². The second-order valence-electron chi connectivity index (χ2n) is 5.58. The Morgan fingerprint density at radius 1 is 1.48 bits per heavy atom. The van der Waals surface area contributed by atoms with Crippen LogP contribution in [-0.4, -0.2) is 59.6 Å². The second-order valence-corrected chi connectivity index (χ2v) is 5.58. The molecule has 114 valence electrons. The number of amides is 1. The van der Waals surface area contributed by atoms with E-state index in [2.05, 4.69) is 5.10 Å². The van der Waals surface area contributed by atoms with Gasteiger partial charge in [0.05, 0.1) is 19.3 Å². The van der Waals surface area contributed by atoms with E-state index in [1.165, 1.54) is 23.9 Å². The first-order chi connectivity index (χ1) is 10.1. The number of nitrogens with zero attached hydrogens (tertiary/aromatic N) is 3. The maximum atomic E-state index is 12.2. The van der Waals surface area contributed by atoms with Crippen molar-refractivity contribution in [3.05, 3.63) is 28.2 Å². The molecule has 3 rings (SSSR count). The Hall–Kier alpha value is -1.73. The average molecular weight is 293 g/mol. The van der Waals surface area contributed by atoms with Gasteiger partial charge in [-0.25, -0.2) is 4.68 Å². The Labute approximate surface area is 122 Å². The van der Waals surface area contributed by atoms with Gasteiger partial charge in [0.2, 0.25) is 0 Å². The summed E-state index contributed by atoms with van der Waals surface area (Å²) in [7, 11) is 1.53. The number of aromatic nitrogens is 2. The lowest BCUT2D eigenvalue weighted by Crippen LogP contribution is -2.55. The molecule has 0 radical (unpaired) electrons. The molecule has 0 aliphatic carbocycles. The van der Waals surface area contributed by atoms with Gasteiger partial charge in [0.15, 0.2) is 0 Å². The van der Waals surface area contributed by atoms with E-state index in [1.807, 2.05) is 0 Å². The SMILES string of the molecule is Cn1nc(C(=O)N2CC(OCC3CCOC3)C2)ccc1=O. The molecule has 1 unspecified atom stereocenters. The van der Waals surface area contributed by atoms with E-state index < -0.39 is 0 Å². The zero-order valence-electron chi connectivity index (χ0n) is 12.0. The van der Waals surface area contributed by atoms with Crippen molar-refractivity contribution in [1.82, 2.24) is 14.7 Å². The molecule has 21 heavy (non-hydrogen) atoms. The lowest BCUT2D eigenvalue weighted by Gasteiger charge is -2.39. The van der Waals surface area contributed by atoms with Gasteiger partial charge >= 0.3 is 0 Å². The fourth-order valence-corrected chi connectivity index (χ4v) is 2.47. The molecule has 7 heteroatoms. The molecule has 0 bridgehead atoms. The standard InChI is InChI=1S/C14H19N3O4/c1-16-13(18)3-2-12(15-16)14(19)17-6-11(7-17)21-9-10-4-5-20-8-10/h2-3,10-11H,4-9H2,1H3. The van der Waals surface area contributed by atoms with Crippen LogP contribution in [0.2, 0.25) is 0 Å². The zero-order chi connectivity index (χ0) is 14.8. The molecule has 7 nitrogen and oxygen atoms in total. The highest BCUT2D eigenvalue weighted by molar-refractivity contribution is 5.92. The highest BCUT2D eigenvalue weighted by Crippen LogP contribution is 2.18. The van der Waals surface area contributed by atoms with E-state index in [4.69, 9.17) is 9.47 Å². The normalized spacial score (nSPS) is 22.3. The molecule has 0 spiro atoms. The third kappa shape index (κ3) is 3.14. The second kappa shape index (κ2) is 5.95. The fraction of sp³-hybridized carbons (Fsp3) is 0.643. The van der Waals surface area contributed by atoms with E-state index in [0.717, 1.165) is 19.6 Å². The maximum absolute atomic E-state index is 12.2. The van der Waals surface area contributed by atoms with Crippen LogP contribution in [0.1, 0.15) is 16.9 Å². The van der Waals surface area contributed by atoms with Gasteiger partial charge in [0.25, 0.3) is 11.5 Å².